The van der Waals surface area contributed by atoms with E-state index in [1.54, 1.807) is 18.2 Å². The molecule has 3 N–H and O–H groups in total. The summed E-state index contributed by atoms with van der Waals surface area (Å²) in [7, 11) is 0. The summed E-state index contributed by atoms with van der Waals surface area (Å²) in [6, 6.07) is 16.0. The van der Waals surface area contributed by atoms with Crippen LogP contribution in [-0.2, 0) is 6.54 Å². The molecule has 27 heavy (non-hydrogen) atoms. The van der Waals surface area contributed by atoms with Crippen molar-refractivity contribution in [3.8, 4) is 0 Å². The first-order chi connectivity index (χ1) is 12.6. The highest BCUT2D eigenvalue weighted by molar-refractivity contribution is 14.0. The van der Waals surface area contributed by atoms with Crippen LogP contribution in [-0.4, -0.2) is 29.1 Å². The van der Waals surface area contributed by atoms with Gasteiger partial charge in [-0.3, -0.25) is 10.1 Å². The highest BCUT2D eigenvalue weighted by Gasteiger charge is 2.12. The van der Waals surface area contributed by atoms with E-state index in [2.05, 4.69) is 15.6 Å². The molecule has 2 rings (SSSR count). The SMILES string of the molecule is CCNC(=NCc1ccccc1[N+](=O)[O-])NCCC(O)c1ccccc1.I. The number of para-hydroxylation sites is 1. The summed E-state index contributed by atoms with van der Waals surface area (Å²) in [5.74, 6) is 0.561. The maximum Gasteiger partial charge on any atom is 0.274 e. The van der Waals surface area contributed by atoms with Crippen LogP contribution in [0.15, 0.2) is 59.6 Å². The molecule has 146 valence electrons. The monoisotopic (exact) mass is 484 g/mol. The van der Waals surface area contributed by atoms with Crippen LogP contribution in [0.3, 0.4) is 0 Å². The number of guanidine groups is 1. The second-order valence-electron chi connectivity index (χ2n) is 5.72. The van der Waals surface area contributed by atoms with Gasteiger partial charge in [-0.05, 0) is 18.9 Å². The number of aliphatic hydroxyl groups is 1. The largest absolute Gasteiger partial charge is 0.388 e. The number of aliphatic hydroxyl groups excluding tert-OH is 1. The Morgan fingerprint density at radius 3 is 2.48 bits per heavy atom. The number of halogens is 1. The summed E-state index contributed by atoms with van der Waals surface area (Å²) in [4.78, 5) is 15.1. The summed E-state index contributed by atoms with van der Waals surface area (Å²) in [6.07, 6.45) is -0.0262. The van der Waals surface area contributed by atoms with Crippen LogP contribution < -0.4 is 10.6 Å². The van der Waals surface area contributed by atoms with E-state index in [9.17, 15) is 15.2 Å². The molecular formula is C19H25IN4O3. The zero-order valence-corrected chi connectivity index (χ0v) is 17.5. The molecule has 0 radical (unpaired) electrons. The Morgan fingerprint density at radius 1 is 1.15 bits per heavy atom. The van der Waals surface area contributed by atoms with Crippen molar-refractivity contribution < 1.29 is 10.0 Å². The fourth-order valence-electron chi connectivity index (χ4n) is 2.50. The molecule has 8 heteroatoms. The van der Waals surface area contributed by atoms with Crippen LogP contribution in [0.5, 0.6) is 0 Å². The van der Waals surface area contributed by atoms with Gasteiger partial charge in [0.1, 0.15) is 0 Å². The molecule has 0 saturated carbocycles. The Bertz CT molecular complexity index is 741. The number of nitrogens with zero attached hydrogens (tertiary/aromatic N) is 2. The maximum absolute atomic E-state index is 11.1. The number of hydrogen-bond donors (Lipinski definition) is 3. The van der Waals surface area contributed by atoms with Crippen molar-refractivity contribution >= 4 is 35.6 Å². The minimum absolute atomic E-state index is 0. The first-order valence-corrected chi connectivity index (χ1v) is 8.59. The van der Waals surface area contributed by atoms with E-state index in [4.69, 9.17) is 0 Å². The zero-order valence-electron chi connectivity index (χ0n) is 15.2. The van der Waals surface area contributed by atoms with E-state index in [0.717, 1.165) is 5.56 Å². The molecule has 0 amide bonds. The molecule has 0 aliphatic carbocycles. The third-order valence-electron chi connectivity index (χ3n) is 3.83. The van der Waals surface area contributed by atoms with Crippen LogP contribution in [0.4, 0.5) is 5.69 Å². The number of nitro benzene ring substituents is 1. The molecule has 7 nitrogen and oxygen atoms in total. The number of nitro groups is 1. The second-order valence-corrected chi connectivity index (χ2v) is 5.72. The van der Waals surface area contributed by atoms with Crippen molar-refractivity contribution in [2.24, 2.45) is 4.99 Å². The normalized spacial score (nSPS) is 12.0. The van der Waals surface area contributed by atoms with Gasteiger partial charge >= 0.3 is 0 Å². The summed E-state index contributed by atoms with van der Waals surface area (Å²) in [5, 5.41) is 27.5. The van der Waals surface area contributed by atoms with Gasteiger partial charge in [0.25, 0.3) is 5.69 Å². The van der Waals surface area contributed by atoms with Gasteiger partial charge in [0.05, 0.1) is 23.1 Å². The Labute approximate surface area is 176 Å². The quantitative estimate of drug-likeness (QED) is 0.175. The average molecular weight is 484 g/mol. The predicted octanol–water partition coefficient (Wildman–Crippen LogP) is 3.39. The van der Waals surface area contributed by atoms with Gasteiger partial charge in [0, 0.05) is 19.2 Å². The van der Waals surface area contributed by atoms with E-state index < -0.39 is 11.0 Å². The van der Waals surface area contributed by atoms with Gasteiger partial charge < -0.3 is 15.7 Å². The van der Waals surface area contributed by atoms with Gasteiger partial charge in [-0.1, -0.05) is 48.5 Å². The minimum atomic E-state index is -0.554. The molecule has 0 heterocycles. The van der Waals surface area contributed by atoms with Gasteiger partial charge in [0.2, 0.25) is 0 Å². The topological polar surface area (TPSA) is 99.8 Å². The number of nitrogens with one attached hydrogen (secondary N) is 2. The van der Waals surface area contributed by atoms with Crippen LogP contribution in [0, 0.1) is 10.1 Å². The lowest BCUT2D eigenvalue weighted by molar-refractivity contribution is -0.385. The molecule has 1 atom stereocenters. The average Bonchev–Trinajstić information content (AvgIpc) is 2.66. The van der Waals surface area contributed by atoms with E-state index >= 15 is 0 Å². The van der Waals surface area contributed by atoms with Crippen LogP contribution >= 0.6 is 24.0 Å². The van der Waals surface area contributed by atoms with Gasteiger partial charge in [-0.25, -0.2) is 4.99 Å². The number of benzene rings is 2. The summed E-state index contributed by atoms with van der Waals surface area (Å²) < 4.78 is 0. The predicted molar refractivity (Wildman–Crippen MR) is 117 cm³/mol. The van der Waals surface area contributed by atoms with Gasteiger partial charge in [0.15, 0.2) is 5.96 Å². The molecular weight excluding hydrogens is 459 g/mol. The number of aliphatic imine (C=N–C) groups is 1. The highest BCUT2D eigenvalue weighted by Crippen LogP contribution is 2.18. The third-order valence-corrected chi connectivity index (χ3v) is 3.83. The highest BCUT2D eigenvalue weighted by atomic mass is 127. The van der Waals surface area contributed by atoms with Crippen LogP contribution in [0.25, 0.3) is 0 Å². The smallest absolute Gasteiger partial charge is 0.274 e. The maximum atomic E-state index is 11.1. The fraction of sp³-hybridized carbons (Fsp3) is 0.316. The third kappa shape index (κ3) is 7.51. The van der Waals surface area contributed by atoms with Crippen LogP contribution in [0.1, 0.15) is 30.6 Å². The molecule has 0 spiro atoms. The molecule has 2 aromatic carbocycles. The Morgan fingerprint density at radius 2 is 1.81 bits per heavy atom. The Balaban J connectivity index is 0.00000364. The van der Waals surface area contributed by atoms with Crippen molar-refractivity contribution in [1.29, 1.82) is 0 Å². The molecule has 0 aliphatic rings. The summed E-state index contributed by atoms with van der Waals surface area (Å²) >= 11 is 0. The van der Waals surface area contributed by atoms with Crippen LogP contribution in [0.2, 0.25) is 0 Å². The molecule has 0 saturated heterocycles. The minimum Gasteiger partial charge on any atom is -0.388 e. The van der Waals surface area contributed by atoms with Gasteiger partial charge in [-0.15, -0.1) is 24.0 Å². The molecule has 2 aromatic rings. The zero-order chi connectivity index (χ0) is 18.8. The molecule has 0 fully saturated rings. The first-order valence-electron chi connectivity index (χ1n) is 8.59. The van der Waals surface area contributed by atoms with E-state index in [1.165, 1.54) is 6.07 Å². The van der Waals surface area contributed by atoms with Crippen molar-refractivity contribution in [3.63, 3.8) is 0 Å². The summed E-state index contributed by atoms with van der Waals surface area (Å²) in [6.45, 7) is 3.34. The number of hydrogen-bond acceptors (Lipinski definition) is 4. The van der Waals surface area contributed by atoms with Gasteiger partial charge in [-0.2, -0.15) is 0 Å². The lowest BCUT2D eigenvalue weighted by Gasteiger charge is -2.14. The molecule has 0 aliphatic heterocycles. The van der Waals surface area contributed by atoms with Crippen molar-refractivity contribution in [3.05, 3.63) is 75.8 Å². The Hall–Kier alpha value is -2.20. The van der Waals surface area contributed by atoms with E-state index in [1.807, 2.05) is 37.3 Å². The van der Waals surface area contributed by atoms with E-state index in [-0.39, 0.29) is 36.2 Å². The molecule has 0 bridgehead atoms. The molecule has 1 unspecified atom stereocenters. The standard InChI is InChI=1S/C19H24N4O3.HI/c1-2-20-19(21-13-12-18(24)15-8-4-3-5-9-15)22-14-16-10-6-7-11-17(16)23(25)26;/h3-11,18,24H,2,12-14H2,1H3,(H2,20,21,22);1H. The van der Waals surface area contributed by atoms with Crippen molar-refractivity contribution in [2.75, 3.05) is 13.1 Å². The second kappa shape index (κ2) is 12.2. The Kier molecular flexibility index (Phi) is 10.3. The fourth-order valence-corrected chi connectivity index (χ4v) is 2.50. The van der Waals surface area contributed by atoms with Crippen molar-refractivity contribution in [1.82, 2.24) is 10.6 Å². The lowest BCUT2D eigenvalue weighted by Crippen LogP contribution is -2.38. The number of rotatable bonds is 8. The molecule has 0 aromatic heterocycles. The van der Waals surface area contributed by atoms with E-state index in [0.29, 0.717) is 31.0 Å². The van der Waals surface area contributed by atoms with Crippen molar-refractivity contribution in [2.45, 2.75) is 26.0 Å². The summed E-state index contributed by atoms with van der Waals surface area (Å²) in [5.41, 5.74) is 1.49. The first kappa shape index (κ1) is 22.8. The lowest BCUT2D eigenvalue weighted by atomic mass is 10.1.